The standard InChI is InChI=1S/C26H33N3O5S/c1-19-6-8-23(9-7-19)35(32,33)29-12-10-21(11-13-29)24(26(31)28-14-16-34-17-15-28)27-25(30)22-5-3-4-20(2)18-22/h3-9,18,21,24H,10-17H2,1-2H3,(H,27,30). The topological polar surface area (TPSA) is 96.0 Å². The smallest absolute Gasteiger partial charge is 0.251 e. The second kappa shape index (κ2) is 10.9. The Bertz CT molecular complexity index is 1150. The third kappa shape index (κ3) is 5.91. The monoisotopic (exact) mass is 499 g/mol. The third-order valence-corrected chi connectivity index (χ3v) is 8.70. The summed E-state index contributed by atoms with van der Waals surface area (Å²) in [5.41, 5.74) is 2.46. The number of hydrogen-bond donors (Lipinski definition) is 1. The molecule has 2 fully saturated rings. The lowest BCUT2D eigenvalue weighted by molar-refractivity contribution is -0.139. The van der Waals surface area contributed by atoms with E-state index in [1.54, 1.807) is 41.3 Å². The number of nitrogens with one attached hydrogen (secondary N) is 1. The summed E-state index contributed by atoms with van der Waals surface area (Å²) in [5, 5.41) is 2.98. The zero-order valence-electron chi connectivity index (χ0n) is 20.3. The van der Waals surface area contributed by atoms with Gasteiger partial charge < -0.3 is 15.0 Å². The quantitative estimate of drug-likeness (QED) is 0.658. The van der Waals surface area contributed by atoms with E-state index in [-0.39, 0.29) is 22.6 Å². The van der Waals surface area contributed by atoms with Gasteiger partial charge in [-0.25, -0.2) is 8.42 Å². The van der Waals surface area contributed by atoms with Crippen LogP contribution in [-0.2, 0) is 19.6 Å². The number of rotatable bonds is 6. The van der Waals surface area contributed by atoms with Gasteiger partial charge in [0.25, 0.3) is 5.91 Å². The van der Waals surface area contributed by atoms with Crippen molar-refractivity contribution in [1.82, 2.24) is 14.5 Å². The molecule has 1 N–H and O–H groups in total. The normalized spacial score (nSPS) is 18.7. The summed E-state index contributed by atoms with van der Waals surface area (Å²) >= 11 is 0. The largest absolute Gasteiger partial charge is 0.378 e. The average molecular weight is 500 g/mol. The van der Waals surface area contributed by atoms with Crippen molar-refractivity contribution >= 4 is 21.8 Å². The highest BCUT2D eigenvalue weighted by molar-refractivity contribution is 7.89. The summed E-state index contributed by atoms with van der Waals surface area (Å²) in [6.07, 6.45) is 0.972. The molecule has 2 aliphatic rings. The molecule has 0 aliphatic carbocycles. The van der Waals surface area contributed by atoms with E-state index >= 15 is 0 Å². The minimum absolute atomic E-state index is 0.130. The van der Waals surface area contributed by atoms with E-state index in [1.165, 1.54) is 4.31 Å². The maximum atomic E-state index is 13.5. The van der Waals surface area contributed by atoms with Gasteiger partial charge in [-0.05, 0) is 56.9 Å². The van der Waals surface area contributed by atoms with E-state index < -0.39 is 16.1 Å². The van der Waals surface area contributed by atoms with E-state index in [2.05, 4.69) is 5.32 Å². The first-order chi connectivity index (χ1) is 16.8. The molecule has 1 atom stereocenters. The van der Waals surface area contributed by atoms with Gasteiger partial charge in [0.15, 0.2) is 0 Å². The summed E-state index contributed by atoms with van der Waals surface area (Å²) in [4.78, 5) is 28.6. The Morgan fingerprint density at radius 2 is 1.60 bits per heavy atom. The fourth-order valence-electron chi connectivity index (χ4n) is 4.68. The van der Waals surface area contributed by atoms with Crippen LogP contribution in [0.2, 0.25) is 0 Å². The molecule has 0 aromatic heterocycles. The Kier molecular flexibility index (Phi) is 7.88. The minimum atomic E-state index is -3.61. The molecular weight excluding hydrogens is 466 g/mol. The lowest BCUT2D eigenvalue weighted by Gasteiger charge is -2.38. The predicted octanol–water partition coefficient (Wildman–Crippen LogP) is 2.36. The van der Waals surface area contributed by atoms with Gasteiger partial charge in [-0.2, -0.15) is 4.31 Å². The average Bonchev–Trinajstić information content (AvgIpc) is 2.87. The Morgan fingerprint density at radius 3 is 2.23 bits per heavy atom. The van der Waals surface area contributed by atoms with Gasteiger partial charge in [-0.3, -0.25) is 9.59 Å². The molecule has 0 saturated carbocycles. The van der Waals surface area contributed by atoms with Crippen LogP contribution in [0.5, 0.6) is 0 Å². The van der Waals surface area contributed by atoms with Crippen molar-refractivity contribution in [2.75, 3.05) is 39.4 Å². The van der Waals surface area contributed by atoms with Crippen molar-refractivity contribution in [3.63, 3.8) is 0 Å². The molecule has 0 spiro atoms. The summed E-state index contributed by atoms with van der Waals surface area (Å²) < 4.78 is 33.1. The van der Waals surface area contributed by atoms with Crippen LogP contribution in [0.4, 0.5) is 0 Å². The van der Waals surface area contributed by atoms with Crippen LogP contribution < -0.4 is 5.32 Å². The number of hydrogen-bond acceptors (Lipinski definition) is 5. The van der Waals surface area contributed by atoms with E-state index in [0.29, 0.717) is 57.8 Å². The number of carbonyl (C=O) groups is 2. The van der Waals surface area contributed by atoms with Crippen LogP contribution in [0.3, 0.4) is 0 Å². The van der Waals surface area contributed by atoms with Crippen molar-refractivity contribution in [2.24, 2.45) is 5.92 Å². The van der Waals surface area contributed by atoms with Crippen molar-refractivity contribution in [3.05, 3.63) is 65.2 Å². The van der Waals surface area contributed by atoms with E-state index in [1.807, 2.05) is 26.0 Å². The van der Waals surface area contributed by atoms with Gasteiger partial charge in [-0.1, -0.05) is 35.4 Å². The summed E-state index contributed by atoms with van der Waals surface area (Å²) in [7, 11) is -3.61. The zero-order chi connectivity index (χ0) is 25.0. The molecule has 2 heterocycles. The molecule has 2 aliphatic heterocycles. The highest BCUT2D eigenvalue weighted by Gasteiger charge is 2.38. The summed E-state index contributed by atoms with van der Waals surface area (Å²) in [5.74, 6) is -0.590. The van der Waals surface area contributed by atoms with Gasteiger partial charge in [0, 0.05) is 31.7 Å². The lowest BCUT2D eigenvalue weighted by atomic mass is 9.88. The van der Waals surface area contributed by atoms with Crippen LogP contribution in [0.25, 0.3) is 0 Å². The van der Waals surface area contributed by atoms with Gasteiger partial charge in [-0.15, -0.1) is 0 Å². The Balaban J connectivity index is 1.49. The minimum Gasteiger partial charge on any atom is -0.378 e. The molecule has 188 valence electrons. The lowest BCUT2D eigenvalue weighted by Crippen LogP contribution is -2.56. The highest BCUT2D eigenvalue weighted by Crippen LogP contribution is 2.27. The molecule has 2 saturated heterocycles. The van der Waals surface area contributed by atoms with E-state index in [9.17, 15) is 18.0 Å². The molecule has 4 rings (SSSR count). The fraction of sp³-hybridized carbons (Fsp3) is 0.462. The van der Waals surface area contributed by atoms with Crippen LogP contribution in [0.1, 0.15) is 34.3 Å². The molecule has 9 heteroatoms. The molecule has 0 bridgehead atoms. The molecule has 35 heavy (non-hydrogen) atoms. The maximum absolute atomic E-state index is 13.5. The van der Waals surface area contributed by atoms with Gasteiger partial charge >= 0.3 is 0 Å². The SMILES string of the molecule is Cc1ccc(S(=O)(=O)N2CCC(C(NC(=O)c3cccc(C)c3)C(=O)N3CCOCC3)CC2)cc1. The molecule has 0 radical (unpaired) electrons. The predicted molar refractivity (Wildman–Crippen MR) is 132 cm³/mol. The summed E-state index contributed by atoms with van der Waals surface area (Å²) in [6, 6.07) is 13.4. The van der Waals surface area contributed by atoms with Crippen LogP contribution in [0, 0.1) is 19.8 Å². The number of benzene rings is 2. The number of sulfonamides is 1. The second-order valence-electron chi connectivity index (χ2n) is 9.31. The number of aryl methyl sites for hydroxylation is 2. The first-order valence-electron chi connectivity index (χ1n) is 12.1. The number of morpholine rings is 1. The van der Waals surface area contributed by atoms with Crippen molar-refractivity contribution in [3.8, 4) is 0 Å². The van der Waals surface area contributed by atoms with Crippen molar-refractivity contribution < 1.29 is 22.7 Å². The first-order valence-corrected chi connectivity index (χ1v) is 13.5. The van der Waals surface area contributed by atoms with Crippen LogP contribution in [0.15, 0.2) is 53.4 Å². The van der Waals surface area contributed by atoms with E-state index in [0.717, 1.165) is 11.1 Å². The molecule has 2 aromatic carbocycles. The van der Waals surface area contributed by atoms with Gasteiger partial charge in [0.05, 0.1) is 18.1 Å². The van der Waals surface area contributed by atoms with Crippen molar-refractivity contribution in [2.45, 2.75) is 37.6 Å². The highest BCUT2D eigenvalue weighted by atomic mass is 32.2. The second-order valence-corrected chi connectivity index (χ2v) is 11.3. The van der Waals surface area contributed by atoms with Gasteiger partial charge in [0.2, 0.25) is 15.9 Å². The Labute approximate surface area is 207 Å². The Morgan fingerprint density at radius 1 is 0.943 bits per heavy atom. The number of ether oxygens (including phenoxy) is 1. The first kappa shape index (κ1) is 25.3. The van der Waals surface area contributed by atoms with Crippen molar-refractivity contribution in [1.29, 1.82) is 0 Å². The molecule has 1 unspecified atom stereocenters. The number of carbonyl (C=O) groups excluding carboxylic acids is 2. The Hall–Kier alpha value is -2.75. The zero-order valence-corrected chi connectivity index (χ0v) is 21.1. The molecule has 2 amide bonds. The molecule has 8 nitrogen and oxygen atoms in total. The van der Waals surface area contributed by atoms with E-state index in [4.69, 9.17) is 4.74 Å². The maximum Gasteiger partial charge on any atom is 0.251 e. The third-order valence-electron chi connectivity index (χ3n) is 6.78. The van der Waals surface area contributed by atoms with Crippen LogP contribution in [-0.4, -0.2) is 74.9 Å². The van der Waals surface area contributed by atoms with Crippen LogP contribution >= 0.6 is 0 Å². The summed E-state index contributed by atoms with van der Waals surface area (Å²) in [6.45, 7) is 6.33. The van der Waals surface area contributed by atoms with Gasteiger partial charge in [0.1, 0.15) is 6.04 Å². The number of nitrogens with zero attached hydrogens (tertiary/aromatic N) is 2. The fourth-order valence-corrected chi connectivity index (χ4v) is 6.15. The number of piperidine rings is 1. The molecular formula is C26H33N3O5S. The number of amides is 2. The molecule has 2 aromatic rings.